The molecule has 260 valence electrons. The Labute approximate surface area is 279 Å². The molecule has 4 unspecified atom stereocenters. The molecule has 0 bridgehead atoms. The summed E-state index contributed by atoms with van der Waals surface area (Å²) in [4.78, 5) is 16.1. The van der Waals surface area contributed by atoms with Gasteiger partial charge < -0.3 is 27.8 Å². The number of allylic oxidation sites excluding steroid dienone is 4. The number of halogens is 1. The summed E-state index contributed by atoms with van der Waals surface area (Å²) in [6.07, 6.45) is 7.71. The van der Waals surface area contributed by atoms with Crippen LogP contribution < -0.4 is 0 Å². The van der Waals surface area contributed by atoms with Crippen LogP contribution in [0.2, 0.25) is 58.9 Å². The Hall–Kier alpha value is -1.65. The maximum atomic E-state index is 18.7. The molecule has 0 aromatic carbocycles. The van der Waals surface area contributed by atoms with Crippen molar-refractivity contribution in [2.75, 3.05) is 27.9 Å². The lowest BCUT2D eigenvalue weighted by atomic mass is 9.45. The predicted molar refractivity (Wildman–Crippen MR) is 191 cm³/mol. The van der Waals surface area contributed by atoms with Crippen molar-refractivity contribution in [1.29, 1.82) is 0 Å². The van der Waals surface area contributed by atoms with E-state index in [9.17, 15) is 0 Å². The summed E-state index contributed by atoms with van der Waals surface area (Å²) in [7, 11) is -1.87. The maximum Gasteiger partial charge on any atom is 0.185 e. The zero-order valence-corrected chi connectivity index (χ0v) is 33.7. The number of hydrogen-bond donors (Lipinski definition) is 0. The molecule has 9 nitrogen and oxygen atoms in total. The van der Waals surface area contributed by atoms with E-state index in [0.29, 0.717) is 36.4 Å². The average molecular weight is 696 g/mol. The van der Waals surface area contributed by atoms with E-state index in [4.69, 9.17) is 32.9 Å². The number of fused-ring (bicyclic) bond motifs is 5. The van der Waals surface area contributed by atoms with Gasteiger partial charge in [-0.25, -0.2) is 4.39 Å². The normalized spacial score (nSPS) is 38.3. The highest BCUT2D eigenvalue weighted by Gasteiger charge is 2.77. The van der Waals surface area contributed by atoms with Crippen LogP contribution in [0.1, 0.15) is 39.5 Å². The first kappa shape index (κ1) is 37.2. The van der Waals surface area contributed by atoms with Gasteiger partial charge in [-0.2, -0.15) is 0 Å². The molecule has 0 saturated heterocycles. The van der Waals surface area contributed by atoms with Gasteiger partial charge in [-0.05, 0) is 103 Å². The summed E-state index contributed by atoms with van der Waals surface area (Å²) in [6.45, 7) is 24.1. The predicted octanol–water partition coefficient (Wildman–Crippen LogP) is 7.71. The third kappa shape index (κ3) is 6.40. The third-order valence-corrected chi connectivity index (χ3v) is 13.2. The fraction of sp³-hybridized carbons (Fsp3) is 0.788. The van der Waals surface area contributed by atoms with Gasteiger partial charge in [-0.15, -0.1) is 0 Å². The first-order valence-electron chi connectivity index (χ1n) is 16.5. The highest BCUT2D eigenvalue weighted by molar-refractivity contribution is 6.71. The average Bonchev–Trinajstić information content (AvgIpc) is 3.13. The highest BCUT2D eigenvalue weighted by atomic mass is 28.4. The van der Waals surface area contributed by atoms with Crippen LogP contribution in [-0.2, 0) is 27.8 Å². The van der Waals surface area contributed by atoms with Gasteiger partial charge in [0.25, 0.3) is 0 Å². The highest BCUT2D eigenvalue weighted by Crippen LogP contribution is 2.70. The van der Waals surface area contributed by atoms with Gasteiger partial charge in [0.15, 0.2) is 30.6 Å². The number of oxime groups is 3. The molecule has 0 N–H and O–H groups in total. The molecule has 0 aliphatic heterocycles. The molecule has 13 heteroatoms. The van der Waals surface area contributed by atoms with E-state index in [-0.39, 0.29) is 24.5 Å². The van der Waals surface area contributed by atoms with Crippen molar-refractivity contribution < 1.29 is 32.2 Å². The lowest BCUT2D eigenvalue weighted by molar-refractivity contribution is -0.0968. The van der Waals surface area contributed by atoms with Crippen molar-refractivity contribution in [2.24, 2.45) is 38.1 Å². The van der Waals surface area contributed by atoms with Crippen LogP contribution >= 0.6 is 0 Å². The van der Waals surface area contributed by atoms with Gasteiger partial charge in [0.1, 0.15) is 38.4 Å². The molecule has 0 aromatic heterocycles. The van der Waals surface area contributed by atoms with Crippen molar-refractivity contribution in [3.05, 3.63) is 23.8 Å². The summed E-state index contributed by atoms with van der Waals surface area (Å²) >= 11 is 0. The van der Waals surface area contributed by atoms with E-state index in [1.54, 1.807) is 7.11 Å². The summed E-state index contributed by atoms with van der Waals surface area (Å²) in [5.74, 6) is -0.491. The molecule has 4 aliphatic carbocycles. The molecule has 0 radical (unpaired) electrons. The van der Waals surface area contributed by atoms with E-state index >= 15 is 4.39 Å². The van der Waals surface area contributed by atoms with Crippen LogP contribution in [0.5, 0.6) is 0 Å². The number of nitrogens with zero attached hydrogens (tertiary/aromatic N) is 3. The minimum absolute atomic E-state index is 0.110. The molecular weight excluding hydrogens is 638 g/mol. The zero-order valence-electron chi connectivity index (χ0n) is 30.7. The van der Waals surface area contributed by atoms with Crippen LogP contribution in [0.15, 0.2) is 39.3 Å². The summed E-state index contributed by atoms with van der Waals surface area (Å²) in [5.41, 5.74) is -1.71. The molecule has 0 spiro atoms. The standard InChI is InChI=1S/C33H58FN3O6Si3/c1-30-18-17-24(35-38-3)19-23(30)15-16-25-26-20-29(42-45(9,10)11)33(43-46(12,13)14,28(37-40-5)22-41-44(6,7)8)31(26,2)21-27(36-39-4)32(25,30)34/h17-19,25-26,29H,15-16,20-22H2,1-14H3/b35-24+,36-27+,37-28-/t25?,26?,29-,30?,31?,32+,33-/m1/s1. The first-order valence-corrected chi connectivity index (χ1v) is 26.8. The third-order valence-electron chi connectivity index (χ3n) is 10.2. The molecular formula is C33H58FN3O6Si3. The van der Waals surface area contributed by atoms with Gasteiger partial charge in [-0.1, -0.05) is 34.0 Å². The van der Waals surface area contributed by atoms with Crippen molar-refractivity contribution in [2.45, 2.75) is 116 Å². The lowest BCUT2D eigenvalue weighted by Crippen LogP contribution is -2.70. The Balaban J connectivity index is 2.01. The van der Waals surface area contributed by atoms with Crippen LogP contribution in [-0.4, -0.2) is 87.4 Å². The monoisotopic (exact) mass is 695 g/mol. The summed E-state index contributed by atoms with van der Waals surface area (Å²) < 4.78 is 39.9. The molecule has 0 aromatic rings. The topological polar surface area (TPSA) is 92.5 Å². The van der Waals surface area contributed by atoms with Gasteiger partial charge in [0.2, 0.25) is 0 Å². The molecule has 46 heavy (non-hydrogen) atoms. The Kier molecular flexibility index (Phi) is 10.2. The van der Waals surface area contributed by atoms with Crippen molar-refractivity contribution in [3.63, 3.8) is 0 Å². The Morgan fingerprint density at radius 3 is 2.09 bits per heavy atom. The van der Waals surface area contributed by atoms with Crippen LogP contribution in [0, 0.1) is 22.7 Å². The second-order valence-corrected chi connectivity index (χ2v) is 30.1. The largest absolute Gasteiger partial charge is 0.412 e. The van der Waals surface area contributed by atoms with Gasteiger partial charge >= 0.3 is 0 Å². The smallest absolute Gasteiger partial charge is 0.185 e. The van der Waals surface area contributed by atoms with Crippen LogP contribution in [0.4, 0.5) is 4.39 Å². The summed E-state index contributed by atoms with van der Waals surface area (Å²) in [6, 6.07) is 0. The van der Waals surface area contributed by atoms with Crippen LogP contribution in [0.3, 0.4) is 0 Å². The van der Waals surface area contributed by atoms with Crippen molar-refractivity contribution in [3.8, 4) is 0 Å². The SMILES string of the molecule is CO/N=C(/CO[Si](C)(C)C)[C@@]1(O[Si](C)(C)C)[C@H](O[Si](C)(C)C)CC2C3CCC4=C/C(=N/OC)C=CC4(C)[C@@]3(F)/C(=N/OC)CC21C. The molecule has 4 aliphatic rings. The number of hydrogen-bond acceptors (Lipinski definition) is 9. The Morgan fingerprint density at radius 1 is 0.891 bits per heavy atom. The maximum absolute atomic E-state index is 18.7. The molecule has 4 rings (SSSR count). The molecule has 3 fully saturated rings. The Morgan fingerprint density at radius 2 is 1.54 bits per heavy atom. The van der Waals surface area contributed by atoms with E-state index in [0.717, 1.165) is 12.0 Å². The van der Waals surface area contributed by atoms with Gasteiger partial charge in [0, 0.05) is 23.2 Å². The van der Waals surface area contributed by atoms with Gasteiger partial charge in [-0.3, -0.25) is 0 Å². The van der Waals surface area contributed by atoms with Crippen LogP contribution in [0.25, 0.3) is 0 Å². The fourth-order valence-electron chi connectivity index (χ4n) is 8.72. The van der Waals surface area contributed by atoms with Gasteiger partial charge in [0.05, 0.1) is 18.4 Å². The quantitative estimate of drug-likeness (QED) is 0.125. The van der Waals surface area contributed by atoms with E-state index < -0.39 is 47.1 Å². The van der Waals surface area contributed by atoms with Crippen molar-refractivity contribution >= 4 is 42.1 Å². The van der Waals surface area contributed by atoms with Crippen molar-refractivity contribution in [1.82, 2.24) is 0 Å². The second kappa shape index (κ2) is 12.7. The molecule has 0 heterocycles. The molecule has 0 amide bonds. The van der Waals surface area contributed by atoms with E-state index in [1.165, 1.54) is 14.2 Å². The van der Waals surface area contributed by atoms with E-state index in [2.05, 4.69) is 76.2 Å². The second-order valence-electron chi connectivity index (χ2n) is 16.7. The zero-order chi connectivity index (χ0) is 34.6. The number of rotatable bonds is 11. The minimum Gasteiger partial charge on any atom is -0.412 e. The fourth-order valence-corrected chi connectivity index (χ4v) is 11.9. The van der Waals surface area contributed by atoms with E-state index in [1.807, 2.05) is 25.2 Å². The summed E-state index contributed by atoms with van der Waals surface area (Å²) in [5, 5.41) is 13.4. The molecule has 7 atom stereocenters. The molecule has 3 saturated carbocycles. The number of alkyl halides is 1. The first-order chi connectivity index (χ1) is 21.1. The minimum atomic E-state index is -2.32. The Bertz CT molecular complexity index is 1320. The lowest BCUT2D eigenvalue weighted by Gasteiger charge is -2.62.